The van der Waals surface area contributed by atoms with Gasteiger partial charge in [-0.15, -0.1) is 0 Å². The lowest BCUT2D eigenvalue weighted by molar-refractivity contribution is 0.192. The minimum absolute atomic E-state index is 0.650. The number of rotatable bonds is 10. The highest BCUT2D eigenvalue weighted by atomic mass is 15.1. The van der Waals surface area contributed by atoms with Gasteiger partial charge in [-0.25, -0.2) is 0 Å². The van der Waals surface area contributed by atoms with Crippen molar-refractivity contribution in [3.63, 3.8) is 0 Å². The van der Waals surface area contributed by atoms with E-state index in [1.165, 1.54) is 62.7 Å². The third-order valence-corrected chi connectivity index (χ3v) is 5.73. The van der Waals surface area contributed by atoms with Gasteiger partial charge in [0.25, 0.3) is 0 Å². The Balaban J connectivity index is 1.46. The minimum atomic E-state index is 0.650. The number of likely N-dealkylation sites (tertiary alicyclic amines) is 1. The Morgan fingerprint density at radius 2 is 1.64 bits per heavy atom. The molecule has 2 aromatic rings. The Morgan fingerprint density at radius 3 is 2.32 bits per heavy atom. The van der Waals surface area contributed by atoms with Crippen LogP contribution in [0, 0.1) is 0 Å². The molecule has 28 heavy (non-hydrogen) atoms. The van der Waals surface area contributed by atoms with Gasteiger partial charge in [-0.1, -0.05) is 92.1 Å². The van der Waals surface area contributed by atoms with E-state index in [1.807, 2.05) is 0 Å². The molecule has 3 rings (SSSR count). The van der Waals surface area contributed by atoms with E-state index in [1.54, 1.807) is 5.57 Å². The van der Waals surface area contributed by atoms with Crippen molar-refractivity contribution in [3.05, 3.63) is 77.4 Å². The van der Waals surface area contributed by atoms with E-state index in [9.17, 15) is 0 Å². The third kappa shape index (κ3) is 7.26. The first-order valence-corrected chi connectivity index (χ1v) is 11.1. The Bertz CT molecular complexity index is 685. The van der Waals surface area contributed by atoms with Crippen molar-refractivity contribution in [1.29, 1.82) is 0 Å². The van der Waals surface area contributed by atoms with Crippen LogP contribution in [0.5, 0.6) is 0 Å². The van der Waals surface area contributed by atoms with Crippen molar-refractivity contribution in [2.24, 2.45) is 0 Å². The Morgan fingerprint density at radius 1 is 0.964 bits per heavy atom. The zero-order valence-corrected chi connectivity index (χ0v) is 17.4. The summed E-state index contributed by atoms with van der Waals surface area (Å²) in [5.74, 6) is 0. The van der Waals surface area contributed by atoms with Gasteiger partial charge in [0, 0.05) is 19.1 Å². The highest BCUT2D eigenvalue weighted by Crippen LogP contribution is 2.17. The zero-order chi connectivity index (χ0) is 19.4. The number of piperidine rings is 1. The number of unbranched alkanes of at least 4 members (excludes halogenated alkanes) is 2. The van der Waals surface area contributed by atoms with E-state index in [4.69, 9.17) is 0 Å². The smallest absolute Gasteiger partial charge is 0.0233 e. The maximum Gasteiger partial charge on any atom is 0.0233 e. The second-order valence-corrected chi connectivity index (χ2v) is 8.09. The number of hydrogen-bond acceptors (Lipinski definition) is 2. The van der Waals surface area contributed by atoms with Crippen LogP contribution in [0.4, 0.5) is 0 Å². The second-order valence-electron chi connectivity index (χ2n) is 8.09. The molecule has 0 bridgehead atoms. The van der Waals surface area contributed by atoms with E-state index in [0.29, 0.717) is 6.04 Å². The van der Waals surface area contributed by atoms with Gasteiger partial charge < -0.3 is 5.32 Å². The fourth-order valence-electron chi connectivity index (χ4n) is 4.01. The van der Waals surface area contributed by atoms with Crippen molar-refractivity contribution in [2.75, 3.05) is 19.6 Å². The average Bonchev–Trinajstić information content (AvgIpc) is 2.74. The van der Waals surface area contributed by atoms with Gasteiger partial charge in [-0.2, -0.15) is 0 Å². The van der Waals surface area contributed by atoms with Gasteiger partial charge in [0.2, 0.25) is 0 Å². The van der Waals surface area contributed by atoms with E-state index < -0.39 is 0 Å². The monoisotopic (exact) mass is 376 g/mol. The van der Waals surface area contributed by atoms with Crippen LogP contribution in [-0.4, -0.2) is 30.6 Å². The summed E-state index contributed by atoms with van der Waals surface area (Å²) in [6, 6.07) is 22.3. The maximum atomic E-state index is 3.86. The van der Waals surface area contributed by atoms with Crippen LogP contribution in [0.1, 0.15) is 56.6 Å². The van der Waals surface area contributed by atoms with Crippen molar-refractivity contribution < 1.29 is 0 Å². The van der Waals surface area contributed by atoms with E-state index in [-0.39, 0.29) is 0 Å². The van der Waals surface area contributed by atoms with Crippen molar-refractivity contribution in [3.8, 4) is 0 Å². The normalized spacial score (nSPS) is 16.4. The van der Waals surface area contributed by atoms with E-state index in [0.717, 1.165) is 13.1 Å². The number of nitrogens with zero attached hydrogens (tertiary/aromatic N) is 1. The molecule has 1 fully saturated rings. The highest BCUT2D eigenvalue weighted by Gasteiger charge is 2.18. The molecule has 1 aliphatic rings. The van der Waals surface area contributed by atoms with Gasteiger partial charge in [0.15, 0.2) is 0 Å². The SMILES string of the molecule is CCCCC/C(=C/c1ccccc1)CNC1CCN(Cc2ccccc2)CC1. The highest BCUT2D eigenvalue weighted by molar-refractivity contribution is 5.53. The Labute approximate surface area is 171 Å². The van der Waals surface area contributed by atoms with Gasteiger partial charge in [-0.3, -0.25) is 4.90 Å². The molecule has 2 heteroatoms. The lowest BCUT2D eigenvalue weighted by atomic mass is 10.0. The molecule has 1 N–H and O–H groups in total. The molecular weight excluding hydrogens is 340 g/mol. The lowest BCUT2D eigenvalue weighted by Gasteiger charge is -2.32. The minimum Gasteiger partial charge on any atom is -0.310 e. The van der Waals surface area contributed by atoms with Crippen LogP contribution in [0.2, 0.25) is 0 Å². The summed E-state index contributed by atoms with van der Waals surface area (Å²) in [4.78, 5) is 2.59. The molecule has 2 nitrogen and oxygen atoms in total. The summed E-state index contributed by atoms with van der Waals surface area (Å²) in [5.41, 5.74) is 4.30. The number of hydrogen-bond donors (Lipinski definition) is 1. The standard InChI is InChI=1S/C26H36N2/c1-2-3-6-15-25(20-23-11-7-4-8-12-23)21-27-26-16-18-28(19-17-26)22-24-13-9-5-10-14-24/h4-5,7-14,20,26-27H,2-3,6,15-19,21-22H2,1H3/b25-20-. The average molecular weight is 377 g/mol. The van der Waals surface area contributed by atoms with Gasteiger partial charge in [0.1, 0.15) is 0 Å². The molecule has 0 atom stereocenters. The number of benzene rings is 2. The predicted octanol–water partition coefficient (Wildman–Crippen LogP) is 5.90. The lowest BCUT2D eigenvalue weighted by Crippen LogP contribution is -2.42. The summed E-state index contributed by atoms with van der Waals surface area (Å²) in [6.07, 6.45) is 10.0. The molecular formula is C26H36N2. The first kappa shape index (κ1) is 20.8. The largest absolute Gasteiger partial charge is 0.310 e. The van der Waals surface area contributed by atoms with Crippen molar-refractivity contribution in [1.82, 2.24) is 10.2 Å². The molecule has 2 aromatic carbocycles. The van der Waals surface area contributed by atoms with E-state index >= 15 is 0 Å². The molecule has 0 saturated carbocycles. The van der Waals surface area contributed by atoms with Crippen molar-refractivity contribution in [2.45, 2.75) is 58.0 Å². The topological polar surface area (TPSA) is 15.3 Å². The maximum absolute atomic E-state index is 3.86. The van der Waals surface area contributed by atoms with Crippen LogP contribution in [0.3, 0.4) is 0 Å². The van der Waals surface area contributed by atoms with Crippen LogP contribution < -0.4 is 5.32 Å². The fourth-order valence-corrected chi connectivity index (χ4v) is 4.01. The summed E-state index contributed by atoms with van der Waals surface area (Å²) < 4.78 is 0. The zero-order valence-electron chi connectivity index (χ0n) is 17.4. The quantitative estimate of drug-likeness (QED) is 0.519. The molecule has 0 aliphatic carbocycles. The van der Waals surface area contributed by atoms with Crippen LogP contribution in [0.15, 0.2) is 66.2 Å². The number of nitrogens with one attached hydrogen (secondary N) is 1. The van der Waals surface area contributed by atoms with Crippen LogP contribution in [-0.2, 0) is 6.54 Å². The third-order valence-electron chi connectivity index (χ3n) is 5.73. The molecule has 150 valence electrons. The summed E-state index contributed by atoms with van der Waals surface area (Å²) >= 11 is 0. The molecule has 1 saturated heterocycles. The summed E-state index contributed by atoms with van der Waals surface area (Å²) in [5, 5.41) is 3.86. The summed E-state index contributed by atoms with van der Waals surface area (Å²) in [6.45, 7) is 6.79. The van der Waals surface area contributed by atoms with Crippen LogP contribution >= 0.6 is 0 Å². The fraction of sp³-hybridized carbons (Fsp3) is 0.462. The Kier molecular flexibility index (Phi) is 8.80. The Hall–Kier alpha value is -1.90. The molecule has 0 amide bonds. The summed E-state index contributed by atoms with van der Waals surface area (Å²) in [7, 11) is 0. The van der Waals surface area contributed by atoms with E-state index in [2.05, 4.69) is 83.9 Å². The first-order valence-electron chi connectivity index (χ1n) is 11.1. The van der Waals surface area contributed by atoms with Gasteiger partial charge in [0.05, 0.1) is 0 Å². The second kappa shape index (κ2) is 11.8. The first-order chi connectivity index (χ1) is 13.8. The van der Waals surface area contributed by atoms with Gasteiger partial charge in [-0.05, 0) is 49.9 Å². The molecule has 1 aliphatic heterocycles. The predicted molar refractivity (Wildman–Crippen MR) is 121 cm³/mol. The molecule has 0 unspecified atom stereocenters. The van der Waals surface area contributed by atoms with Gasteiger partial charge >= 0.3 is 0 Å². The molecule has 0 radical (unpaired) electrons. The van der Waals surface area contributed by atoms with Crippen LogP contribution in [0.25, 0.3) is 6.08 Å². The molecule has 0 aromatic heterocycles. The molecule has 1 heterocycles. The van der Waals surface area contributed by atoms with Crippen molar-refractivity contribution >= 4 is 6.08 Å². The molecule has 0 spiro atoms.